The molecule has 1 fully saturated rings. The highest BCUT2D eigenvalue weighted by atomic mass is 32.2. The molecule has 2 aromatic rings. The van der Waals surface area contributed by atoms with Crippen molar-refractivity contribution in [3.8, 4) is 0 Å². The zero-order valence-electron chi connectivity index (χ0n) is 23.1. The lowest BCUT2D eigenvalue weighted by Crippen LogP contribution is -2.70. The van der Waals surface area contributed by atoms with E-state index >= 15 is 0 Å². The Morgan fingerprint density at radius 3 is 2.24 bits per heavy atom. The van der Waals surface area contributed by atoms with E-state index in [-0.39, 0.29) is 12.3 Å². The smallest absolute Gasteiger partial charge is 0.408 e. The SMILES string of the molecule is CC(C)(C)OC(=O)N[C@@H]1C(=O)N2C(C(=O)OC(c3ccccc3)c3ccccc3)=C(/C=C\CCOC(N)=O)CS[C@H]12. The predicted octanol–water partition coefficient (Wildman–Crippen LogP) is 4.42. The van der Waals surface area contributed by atoms with Gasteiger partial charge in [0.1, 0.15) is 22.7 Å². The van der Waals surface area contributed by atoms with Crippen LogP contribution in [0.1, 0.15) is 44.4 Å². The number of thioether (sulfide) groups is 1. The van der Waals surface area contributed by atoms with Gasteiger partial charge < -0.3 is 25.3 Å². The molecule has 2 aliphatic heterocycles. The van der Waals surface area contributed by atoms with E-state index in [9.17, 15) is 19.2 Å². The molecule has 0 saturated carbocycles. The first-order chi connectivity index (χ1) is 19.5. The van der Waals surface area contributed by atoms with Crippen LogP contribution in [0.3, 0.4) is 0 Å². The molecule has 4 rings (SSSR count). The number of rotatable bonds is 9. The quantitative estimate of drug-likeness (QED) is 0.193. The minimum Gasteiger partial charge on any atom is -0.449 e. The van der Waals surface area contributed by atoms with Gasteiger partial charge >= 0.3 is 18.2 Å². The fourth-order valence-electron chi connectivity index (χ4n) is 4.39. The van der Waals surface area contributed by atoms with Gasteiger partial charge in [-0.2, -0.15) is 0 Å². The van der Waals surface area contributed by atoms with Crippen molar-refractivity contribution >= 4 is 35.8 Å². The van der Waals surface area contributed by atoms with Crippen LogP contribution in [0.4, 0.5) is 9.59 Å². The van der Waals surface area contributed by atoms with E-state index in [4.69, 9.17) is 19.9 Å². The van der Waals surface area contributed by atoms with Gasteiger partial charge in [-0.1, -0.05) is 72.8 Å². The Hall–Kier alpha value is -4.25. The molecule has 0 radical (unpaired) electrons. The maximum atomic E-state index is 13.9. The van der Waals surface area contributed by atoms with E-state index in [1.165, 1.54) is 16.7 Å². The predicted molar refractivity (Wildman–Crippen MR) is 153 cm³/mol. The number of ether oxygens (including phenoxy) is 3. The molecule has 3 N–H and O–H groups in total. The summed E-state index contributed by atoms with van der Waals surface area (Å²) < 4.78 is 16.2. The fourth-order valence-corrected chi connectivity index (χ4v) is 5.71. The summed E-state index contributed by atoms with van der Waals surface area (Å²) in [7, 11) is 0. The van der Waals surface area contributed by atoms with Gasteiger partial charge in [0.15, 0.2) is 6.10 Å². The Bertz CT molecular complexity index is 1300. The maximum Gasteiger partial charge on any atom is 0.408 e. The number of allylic oxidation sites excluding steroid dienone is 1. The minimum absolute atomic E-state index is 0.0727. The van der Waals surface area contributed by atoms with Gasteiger partial charge in [-0.15, -0.1) is 11.8 Å². The second kappa shape index (κ2) is 12.9. The summed E-state index contributed by atoms with van der Waals surface area (Å²) in [5.41, 5.74) is 6.50. The zero-order chi connectivity index (χ0) is 29.6. The van der Waals surface area contributed by atoms with Crippen molar-refractivity contribution in [2.75, 3.05) is 12.4 Å². The highest BCUT2D eigenvalue weighted by molar-refractivity contribution is 8.00. The molecule has 2 atom stereocenters. The number of hydrogen-bond acceptors (Lipinski definition) is 8. The Labute approximate surface area is 242 Å². The second-order valence-electron chi connectivity index (χ2n) is 10.4. The van der Waals surface area contributed by atoms with E-state index in [0.717, 1.165) is 11.1 Å². The first-order valence-corrected chi connectivity index (χ1v) is 14.2. The van der Waals surface area contributed by atoms with Crippen molar-refractivity contribution in [2.24, 2.45) is 5.73 Å². The van der Waals surface area contributed by atoms with Crippen LogP contribution in [0.5, 0.6) is 0 Å². The van der Waals surface area contributed by atoms with Gasteiger partial charge in [-0.25, -0.2) is 14.4 Å². The van der Waals surface area contributed by atoms with Crippen LogP contribution in [0.15, 0.2) is 84.1 Å². The van der Waals surface area contributed by atoms with Crippen molar-refractivity contribution in [1.29, 1.82) is 0 Å². The number of carbonyl (C=O) groups is 4. The lowest BCUT2D eigenvalue weighted by atomic mass is 10.0. The molecule has 216 valence electrons. The van der Waals surface area contributed by atoms with E-state index < -0.39 is 47.2 Å². The van der Waals surface area contributed by atoms with Gasteiger partial charge in [0.25, 0.3) is 5.91 Å². The van der Waals surface area contributed by atoms with Crippen LogP contribution >= 0.6 is 11.8 Å². The number of esters is 1. The number of nitrogens with one attached hydrogen (secondary N) is 1. The molecule has 10 nitrogen and oxygen atoms in total. The minimum atomic E-state index is -0.875. The number of fused-ring (bicyclic) bond motifs is 1. The Balaban J connectivity index is 1.62. The average Bonchev–Trinajstić information content (AvgIpc) is 2.93. The molecule has 11 heteroatoms. The average molecular weight is 580 g/mol. The number of hydrogen-bond donors (Lipinski definition) is 2. The third-order valence-electron chi connectivity index (χ3n) is 6.14. The molecular formula is C30H33N3O7S. The fraction of sp³-hybridized carbons (Fsp3) is 0.333. The highest BCUT2D eigenvalue weighted by Gasteiger charge is 2.54. The number of nitrogens with zero attached hydrogens (tertiary/aromatic N) is 1. The first kappa shape index (κ1) is 29.7. The van der Waals surface area contributed by atoms with Crippen molar-refractivity contribution in [3.63, 3.8) is 0 Å². The number of primary amides is 1. The third-order valence-corrected chi connectivity index (χ3v) is 7.44. The van der Waals surface area contributed by atoms with Crippen molar-refractivity contribution in [2.45, 2.75) is 50.3 Å². The molecule has 2 aromatic carbocycles. The van der Waals surface area contributed by atoms with Crippen LogP contribution in [0, 0.1) is 0 Å². The summed E-state index contributed by atoms with van der Waals surface area (Å²) in [4.78, 5) is 51.9. The summed E-state index contributed by atoms with van der Waals surface area (Å²) >= 11 is 1.41. The Kier molecular flexibility index (Phi) is 9.38. The number of alkyl carbamates (subject to hydrolysis) is 1. The number of nitrogens with two attached hydrogens (primary N) is 1. The summed E-state index contributed by atoms with van der Waals surface area (Å²) in [6.45, 7) is 5.27. The number of benzene rings is 2. The van der Waals surface area contributed by atoms with E-state index in [0.29, 0.717) is 17.7 Å². The molecule has 2 heterocycles. The number of β-lactam (4-membered cyclic amide) rings is 1. The Morgan fingerprint density at radius 2 is 1.68 bits per heavy atom. The van der Waals surface area contributed by atoms with E-state index in [1.54, 1.807) is 32.9 Å². The summed E-state index contributed by atoms with van der Waals surface area (Å²) in [6.07, 6.45) is 1.51. The van der Waals surface area contributed by atoms with Gasteiger partial charge in [0.05, 0.1) is 6.61 Å². The molecule has 0 aliphatic carbocycles. The third kappa shape index (κ3) is 7.49. The number of carbonyl (C=O) groups excluding carboxylic acids is 4. The van der Waals surface area contributed by atoms with Gasteiger partial charge in [0.2, 0.25) is 0 Å². The zero-order valence-corrected chi connectivity index (χ0v) is 23.9. The monoisotopic (exact) mass is 579 g/mol. The van der Waals surface area contributed by atoms with Gasteiger partial charge in [-0.3, -0.25) is 9.69 Å². The molecule has 1 saturated heterocycles. The van der Waals surface area contributed by atoms with E-state index in [1.807, 2.05) is 60.7 Å². The summed E-state index contributed by atoms with van der Waals surface area (Å²) in [5.74, 6) is -0.746. The molecule has 0 unspecified atom stereocenters. The number of amides is 3. The standard InChI is InChI=1S/C30H33N3O7S/c1-30(2,3)40-29(37)32-22-25(34)33-23(21(18-41-26(22)33)16-10-11-17-38-28(31)36)27(35)39-24(19-12-6-4-7-13-19)20-14-8-5-9-15-20/h4-10,12-16,22,24,26H,11,17-18H2,1-3H3,(H2,31,36)(H,32,37)/b16-10-/t22-,26-/m1/s1. The van der Waals surface area contributed by atoms with Crippen molar-refractivity contribution in [1.82, 2.24) is 10.2 Å². The lowest BCUT2D eigenvalue weighted by Gasteiger charge is -2.49. The van der Waals surface area contributed by atoms with Gasteiger partial charge in [0, 0.05) is 5.75 Å². The van der Waals surface area contributed by atoms with Crippen LogP contribution in [-0.4, -0.2) is 58.3 Å². The lowest BCUT2D eigenvalue weighted by molar-refractivity contribution is -0.153. The highest BCUT2D eigenvalue weighted by Crippen LogP contribution is 2.42. The van der Waals surface area contributed by atoms with Crippen LogP contribution in [0.25, 0.3) is 0 Å². The van der Waals surface area contributed by atoms with E-state index in [2.05, 4.69) is 5.32 Å². The van der Waals surface area contributed by atoms with Crippen molar-refractivity contribution < 1.29 is 33.4 Å². The summed E-state index contributed by atoms with van der Waals surface area (Å²) in [6, 6.07) is 17.8. The first-order valence-electron chi connectivity index (χ1n) is 13.1. The van der Waals surface area contributed by atoms with Crippen LogP contribution in [0.2, 0.25) is 0 Å². The van der Waals surface area contributed by atoms with Crippen molar-refractivity contribution in [3.05, 3.63) is 95.2 Å². The molecule has 0 aromatic heterocycles. The Morgan fingerprint density at radius 1 is 1.07 bits per heavy atom. The molecule has 41 heavy (non-hydrogen) atoms. The molecular weight excluding hydrogens is 546 g/mol. The van der Waals surface area contributed by atoms with Crippen LogP contribution in [-0.2, 0) is 23.8 Å². The largest absolute Gasteiger partial charge is 0.449 e. The molecule has 2 aliphatic rings. The maximum absolute atomic E-state index is 13.9. The van der Waals surface area contributed by atoms with Gasteiger partial charge in [-0.05, 0) is 43.9 Å². The summed E-state index contributed by atoms with van der Waals surface area (Å²) in [5, 5.41) is 2.12. The topological polar surface area (TPSA) is 137 Å². The molecule has 0 spiro atoms. The normalized spacial score (nSPS) is 18.5. The second-order valence-corrected chi connectivity index (χ2v) is 11.5. The molecule has 3 amide bonds. The molecule has 0 bridgehead atoms. The van der Waals surface area contributed by atoms with Crippen LogP contribution < -0.4 is 11.1 Å².